The number of amides is 1. The molecule has 0 atom stereocenters. The van der Waals surface area contributed by atoms with E-state index in [0.29, 0.717) is 5.91 Å². The smallest absolute Gasteiger partial charge is 0.225 e. The van der Waals surface area contributed by atoms with Gasteiger partial charge in [0.2, 0.25) is 11.9 Å². The number of carbonyl (C=O) groups is 1. The summed E-state index contributed by atoms with van der Waals surface area (Å²) in [6.45, 7) is 10.3. The zero-order valence-corrected chi connectivity index (χ0v) is 18.1. The lowest BCUT2D eigenvalue weighted by Crippen LogP contribution is -2.52. The van der Waals surface area contributed by atoms with E-state index in [-0.39, 0.29) is 5.92 Å². The third-order valence-corrected chi connectivity index (χ3v) is 6.19. The molecule has 4 heterocycles. The predicted octanol–water partition coefficient (Wildman–Crippen LogP) is 2.09. The molecule has 2 fully saturated rings. The van der Waals surface area contributed by atoms with Gasteiger partial charge in [-0.2, -0.15) is 0 Å². The van der Waals surface area contributed by atoms with Crippen LogP contribution in [0.25, 0.3) is 0 Å². The predicted molar refractivity (Wildman–Crippen MR) is 117 cm³/mol. The van der Waals surface area contributed by atoms with E-state index >= 15 is 0 Å². The number of anilines is 1. The fourth-order valence-corrected chi connectivity index (χ4v) is 4.44. The van der Waals surface area contributed by atoms with Crippen molar-refractivity contribution >= 4 is 11.9 Å². The molecule has 0 unspecified atom stereocenters. The summed E-state index contributed by atoms with van der Waals surface area (Å²) in [6, 6.07) is 8.06. The van der Waals surface area contributed by atoms with Crippen LogP contribution in [0, 0.1) is 19.8 Å². The Bertz CT molecular complexity index is 822. The number of piperidine rings is 1. The van der Waals surface area contributed by atoms with Crippen molar-refractivity contribution in [2.24, 2.45) is 5.92 Å². The van der Waals surface area contributed by atoms with Gasteiger partial charge in [0.05, 0.1) is 0 Å². The minimum absolute atomic E-state index is 0.132. The molecule has 2 aliphatic rings. The van der Waals surface area contributed by atoms with Gasteiger partial charge < -0.3 is 9.80 Å². The van der Waals surface area contributed by atoms with E-state index in [9.17, 15) is 4.79 Å². The second-order valence-electron chi connectivity index (χ2n) is 8.45. The Morgan fingerprint density at radius 1 is 1.00 bits per heavy atom. The van der Waals surface area contributed by atoms with Gasteiger partial charge in [-0.15, -0.1) is 0 Å². The Kier molecular flexibility index (Phi) is 6.57. The van der Waals surface area contributed by atoms with Crippen molar-refractivity contribution in [3.8, 4) is 0 Å². The fraction of sp³-hybridized carbons (Fsp3) is 0.565. The Hall–Kier alpha value is -2.54. The summed E-state index contributed by atoms with van der Waals surface area (Å²) in [7, 11) is 0. The van der Waals surface area contributed by atoms with E-state index in [2.05, 4.69) is 35.7 Å². The van der Waals surface area contributed by atoms with Crippen LogP contribution < -0.4 is 4.90 Å². The van der Waals surface area contributed by atoms with E-state index < -0.39 is 0 Å². The zero-order chi connectivity index (χ0) is 20.9. The van der Waals surface area contributed by atoms with E-state index in [1.54, 1.807) is 0 Å². The van der Waals surface area contributed by atoms with Gasteiger partial charge in [0.1, 0.15) is 0 Å². The van der Waals surface area contributed by atoms with Crippen LogP contribution in [0.15, 0.2) is 30.5 Å². The molecular formula is C23H32N6O. The normalized spacial score (nSPS) is 18.6. The van der Waals surface area contributed by atoms with Crippen molar-refractivity contribution in [3.63, 3.8) is 0 Å². The van der Waals surface area contributed by atoms with Gasteiger partial charge in [-0.05, 0) is 44.9 Å². The third kappa shape index (κ3) is 5.14. The summed E-state index contributed by atoms with van der Waals surface area (Å²) in [4.78, 5) is 33.3. The number of carbonyl (C=O) groups excluding carboxylic acids is 1. The number of aryl methyl sites for hydroxylation is 2. The molecule has 160 valence electrons. The highest BCUT2D eigenvalue weighted by atomic mass is 16.2. The monoisotopic (exact) mass is 408 g/mol. The molecule has 7 nitrogen and oxygen atoms in total. The maximum Gasteiger partial charge on any atom is 0.225 e. The average molecular weight is 409 g/mol. The van der Waals surface area contributed by atoms with Crippen molar-refractivity contribution in [2.45, 2.75) is 33.1 Å². The van der Waals surface area contributed by atoms with E-state index in [1.165, 1.54) is 0 Å². The second kappa shape index (κ2) is 9.51. The quantitative estimate of drug-likeness (QED) is 0.755. The second-order valence-corrected chi connectivity index (χ2v) is 8.45. The van der Waals surface area contributed by atoms with Gasteiger partial charge in [-0.1, -0.05) is 6.07 Å². The van der Waals surface area contributed by atoms with Gasteiger partial charge in [-0.3, -0.25) is 14.7 Å². The highest BCUT2D eigenvalue weighted by molar-refractivity contribution is 5.79. The lowest BCUT2D eigenvalue weighted by molar-refractivity contribution is -0.138. The number of hydrogen-bond donors (Lipinski definition) is 0. The van der Waals surface area contributed by atoms with Crippen LogP contribution in [-0.4, -0.2) is 76.5 Å². The van der Waals surface area contributed by atoms with E-state index in [1.807, 2.05) is 38.2 Å². The SMILES string of the molecule is Cc1cc(C)nc(N2CCC(C(=O)N3CCN(CCc4ccccn4)CC3)CC2)n1. The Labute approximate surface area is 179 Å². The molecular weight excluding hydrogens is 376 g/mol. The number of hydrogen-bond acceptors (Lipinski definition) is 6. The van der Waals surface area contributed by atoms with Crippen molar-refractivity contribution < 1.29 is 4.79 Å². The number of pyridine rings is 1. The molecule has 7 heteroatoms. The molecule has 0 radical (unpaired) electrons. The van der Waals surface area contributed by atoms with Crippen LogP contribution in [0.2, 0.25) is 0 Å². The van der Waals surface area contributed by atoms with Crippen LogP contribution in [0.3, 0.4) is 0 Å². The van der Waals surface area contributed by atoms with Gasteiger partial charge in [0, 0.05) is 81.4 Å². The minimum atomic E-state index is 0.132. The number of piperazine rings is 1. The average Bonchev–Trinajstić information content (AvgIpc) is 2.78. The van der Waals surface area contributed by atoms with Crippen LogP contribution >= 0.6 is 0 Å². The van der Waals surface area contributed by atoms with Crippen molar-refractivity contribution in [3.05, 3.63) is 47.5 Å². The van der Waals surface area contributed by atoms with Crippen LogP contribution in [0.4, 0.5) is 5.95 Å². The first-order valence-electron chi connectivity index (χ1n) is 11.1. The molecule has 4 rings (SSSR count). The topological polar surface area (TPSA) is 65.5 Å². The Morgan fingerprint density at radius 2 is 1.70 bits per heavy atom. The highest BCUT2D eigenvalue weighted by Crippen LogP contribution is 2.23. The molecule has 0 spiro atoms. The number of nitrogens with zero attached hydrogens (tertiary/aromatic N) is 6. The van der Waals surface area contributed by atoms with Gasteiger partial charge in [0.15, 0.2) is 0 Å². The molecule has 0 N–H and O–H groups in total. The minimum Gasteiger partial charge on any atom is -0.341 e. The molecule has 2 aromatic heterocycles. The maximum atomic E-state index is 13.0. The first-order valence-corrected chi connectivity index (χ1v) is 11.1. The molecule has 2 aliphatic heterocycles. The Morgan fingerprint density at radius 3 is 2.33 bits per heavy atom. The summed E-state index contributed by atoms with van der Waals surface area (Å²) < 4.78 is 0. The van der Waals surface area contributed by atoms with Gasteiger partial charge in [-0.25, -0.2) is 9.97 Å². The summed E-state index contributed by atoms with van der Waals surface area (Å²) in [5, 5.41) is 0. The summed E-state index contributed by atoms with van der Waals surface area (Å²) in [5.41, 5.74) is 3.13. The van der Waals surface area contributed by atoms with Gasteiger partial charge in [0.25, 0.3) is 0 Å². The maximum absolute atomic E-state index is 13.0. The highest BCUT2D eigenvalue weighted by Gasteiger charge is 2.31. The lowest BCUT2D eigenvalue weighted by atomic mass is 9.95. The zero-order valence-electron chi connectivity index (χ0n) is 18.1. The largest absolute Gasteiger partial charge is 0.341 e. The van der Waals surface area contributed by atoms with Crippen molar-refractivity contribution in [1.82, 2.24) is 24.8 Å². The van der Waals surface area contributed by atoms with Crippen LogP contribution in [0.5, 0.6) is 0 Å². The molecule has 0 aromatic carbocycles. The first-order chi connectivity index (χ1) is 14.6. The van der Waals surface area contributed by atoms with E-state index in [0.717, 1.165) is 88.1 Å². The number of rotatable bonds is 5. The molecule has 0 saturated carbocycles. The molecule has 30 heavy (non-hydrogen) atoms. The first kappa shape index (κ1) is 20.7. The standard InChI is InChI=1S/C23H32N6O/c1-18-17-19(2)26-23(25-18)29-11-6-20(7-12-29)22(30)28-15-13-27(14-16-28)10-8-21-5-3-4-9-24-21/h3-5,9,17,20H,6-8,10-16H2,1-2H3. The van der Waals surface area contributed by atoms with E-state index in [4.69, 9.17) is 0 Å². The fourth-order valence-electron chi connectivity index (χ4n) is 4.44. The third-order valence-electron chi connectivity index (χ3n) is 6.19. The number of aromatic nitrogens is 3. The molecule has 0 bridgehead atoms. The van der Waals surface area contributed by atoms with Crippen molar-refractivity contribution in [1.29, 1.82) is 0 Å². The molecule has 1 amide bonds. The molecule has 2 aromatic rings. The summed E-state index contributed by atoms with van der Waals surface area (Å²) >= 11 is 0. The molecule has 2 saturated heterocycles. The molecule has 0 aliphatic carbocycles. The van der Waals surface area contributed by atoms with Crippen LogP contribution in [0.1, 0.15) is 29.9 Å². The van der Waals surface area contributed by atoms with Crippen LogP contribution in [-0.2, 0) is 11.2 Å². The lowest BCUT2D eigenvalue weighted by Gasteiger charge is -2.38. The van der Waals surface area contributed by atoms with Gasteiger partial charge >= 0.3 is 0 Å². The summed E-state index contributed by atoms with van der Waals surface area (Å²) in [6.07, 6.45) is 4.58. The summed E-state index contributed by atoms with van der Waals surface area (Å²) in [5.74, 6) is 1.27. The van der Waals surface area contributed by atoms with Crippen molar-refractivity contribution in [2.75, 3.05) is 50.7 Å². The Balaban J connectivity index is 1.22.